The van der Waals surface area contributed by atoms with Crippen molar-refractivity contribution < 1.29 is 0 Å². The fourth-order valence-electron chi connectivity index (χ4n) is 3.14. The Morgan fingerprint density at radius 3 is 1.87 bits per heavy atom. The Balaban J connectivity index is 1.97. The van der Waals surface area contributed by atoms with Gasteiger partial charge in [0.25, 0.3) is 0 Å². The van der Waals surface area contributed by atoms with Gasteiger partial charge in [-0.05, 0) is 63.8 Å². The maximum Gasteiger partial charge on any atom is 0.0125 e. The first-order valence-corrected chi connectivity index (χ1v) is 6.57. The molecule has 1 aliphatic heterocycles. The summed E-state index contributed by atoms with van der Waals surface area (Å²) >= 11 is 0. The van der Waals surface area contributed by atoms with Crippen LogP contribution in [0.15, 0.2) is 0 Å². The summed E-state index contributed by atoms with van der Waals surface area (Å²) in [4.78, 5) is 2.67. The molecule has 1 saturated heterocycles. The Morgan fingerprint density at radius 1 is 0.867 bits per heavy atom. The number of hydrogen-bond donors (Lipinski definition) is 0. The molecule has 0 aromatic heterocycles. The zero-order valence-electron chi connectivity index (χ0n) is 11.1. The highest BCUT2D eigenvalue weighted by Crippen LogP contribution is 2.52. The van der Waals surface area contributed by atoms with E-state index in [0.717, 1.165) is 11.8 Å². The highest BCUT2D eigenvalue weighted by Gasteiger charge is 2.46. The minimum absolute atomic E-state index is 0.369. The van der Waals surface area contributed by atoms with E-state index in [1.807, 2.05) is 0 Å². The third kappa shape index (κ3) is 2.22. The second-order valence-corrected chi connectivity index (χ2v) is 7.20. The first-order valence-electron chi connectivity index (χ1n) is 6.57. The van der Waals surface area contributed by atoms with Gasteiger partial charge in [-0.2, -0.15) is 0 Å². The summed E-state index contributed by atoms with van der Waals surface area (Å²) in [6.45, 7) is 14.7. The Hall–Kier alpha value is -0.0400. The minimum Gasteiger partial charge on any atom is -0.298 e. The lowest BCUT2D eigenvalue weighted by Crippen LogP contribution is -2.40. The molecule has 0 aromatic rings. The molecule has 1 saturated carbocycles. The highest BCUT2D eigenvalue weighted by atomic mass is 15.2. The van der Waals surface area contributed by atoms with Crippen LogP contribution in [0.3, 0.4) is 0 Å². The molecular formula is C14H27N. The molecule has 0 spiro atoms. The van der Waals surface area contributed by atoms with E-state index in [1.54, 1.807) is 0 Å². The van der Waals surface area contributed by atoms with Crippen molar-refractivity contribution in [2.75, 3.05) is 13.1 Å². The molecule has 0 bridgehead atoms. The van der Waals surface area contributed by atoms with Crippen molar-refractivity contribution in [2.24, 2.45) is 17.3 Å². The molecule has 2 fully saturated rings. The number of likely N-dealkylation sites (tertiary alicyclic amines) is 1. The lowest BCUT2D eigenvalue weighted by molar-refractivity contribution is 0.130. The number of hydrogen-bond acceptors (Lipinski definition) is 1. The van der Waals surface area contributed by atoms with Crippen LogP contribution in [-0.4, -0.2) is 23.5 Å². The van der Waals surface area contributed by atoms with E-state index in [1.165, 1.54) is 32.4 Å². The summed E-state index contributed by atoms with van der Waals surface area (Å²) in [5.74, 6) is 1.96. The first-order chi connectivity index (χ1) is 6.82. The summed E-state index contributed by atoms with van der Waals surface area (Å²) < 4.78 is 0. The SMILES string of the molecule is CC(C)(C1CC1)C1CCN(C(C)(C)C)C1. The van der Waals surface area contributed by atoms with E-state index in [9.17, 15) is 0 Å². The molecule has 1 heterocycles. The predicted molar refractivity (Wildman–Crippen MR) is 65.9 cm³/mol. The Morgan fingerprint density at radius 2 is 1.47 bits per heavy atom. The van der Waals surface area contributed by atoms with Gasteiger partial charge in [-0.15, -0.1) is 0 Å². The van der Waals surface area contributed by atoms with Gasteiger partial charge in [-0.3, -0.25) is 4.90 Å². The Labute approximate surface area is 95.2 Å². The quantitative estimate of drug-likeness (QED) is 0.672. The van der Waals surface area contributed by atoms with Gasteiger partial charge in [0.15, 0.2) is 0 Å². The molecule has 0 radical (unpaired) electrons. The number of rotatable bonds is 2. The molecule has 0 amide bonds. The van der Waals surface area contributed by atoms with Crippen LogP contribution in [0.2, 0.25) is 0 Å². The lowest BCUT2D eigenvalue weighted by Gasteiger charge is -2.35. The summed E-state index contributed by atoms with van der Waals surface area (Å²) in [6.07, 6.45) is 4.39. The monoisotopic (exact) mass is 209 g/mol. The minimum atomic E-state index is 0.369. The number of nitrogens with zero attached hydrogens (tertiary/aromatic N) is 1. The van der Waals surface area contributed by atoms with Gasteiger partial charge >= 0.3 is 0 Å². The predicted octanol–water partition coefficient (Wildman–Crippen LogP) is 3.54. The molecule has 0 aromatic carbocycles. The first kappa shape index (κ1) is 11.4. The second kappa shape index (κ2) is 3.48. The van der Waals surface area contributed by atoms with E-state index < -0.39 is 0 Å². The largest absolute Gasteiger partial charge is 0.298 e. The highest BCUT2D eigenvalue weighted by molar-refractivity contribution is 4.97. The summed E-state index contributed by atoms with van der Waals surface area (Å²) in [7, 11) is 0. The van der Waals surface area contributed by atoms with Crippen molar-refractivity contribution in [3.8, 4) is 0 Å². The van der Waals surface area contributed by atoms with Crippen LogP contribution < -0.4 is 0 Å². The van der Waals surface area contributed by atoms with Gasteiger partial charge in [-0.1, -0.05) is 13.8 Å². The van der Waals surface area contributed by atoms with Crippen LogP contribution in [0.4, 0.5) is 0 Å². The van der Waals surface area contributed by atoms with E-state index in [2.05, 4.69) is 39.5 Å². The lowest BCUT2D eigenvalue weighted by atomic mass is 9.74. The van der Waals surface area contributed by atoms with Crippen LogP contribution in [0.1, 0.15) is 53.9 Å². The van der Waals surface area contributed by atoms with Crippen LogP contribution >= 0.6 is 0 Å². The van der Waals surface area contributed by atoms with E-state index in [0.29, 0.717) is 11.0 Å². The molecule has 1 atom stereocenters. The molecule has 15 heavy (non-hydrogen) atoms. The van der Waals surface area contributed by atoms with Gasteiger partial charge < -0.3 is 0 Å². The van der Waals surface area contributed by atoms with Gasteiger partial charge in [-0.25, -0.2) is 0 Å². The zero-order chi connectivity index (χ0) is 11.3. The van der Waals surface area contributed by atoms with Crippen molar-refractivity contribution in [3.63, 3.8) is 0 Å². The zero-order valence-corrected chi connectivity index (χ0v) is 11.1. The van der Waals surface area contributed by atoms with Crippen LogP contribution in [0.5, 0.6) is 0 Å². The second-order valence-electron chi connectivity index (χ2n) is 7.20. The molecule has 88 valence electrons. The van der Waals surface area contributed by atoms with Crippen molar-refractivity contribution in [1.29, 1.82) is 0 Å². The van der Waals surface area contributed by atoms with E-state index >= 15 is 0 Å². The fraction of sp³-hybridized carbons (Fsp3) is 1.00. The van der Waals surface area contributed by atoms with Crippen molar-refractivity contribution in [3.05, 3.63) is 0 Å². The molecule has 2 aliphatic rings. The molecule has 2 rings (SSSR count). The topological polar surface area (TPSA) is 3.24 Å². The van der Waals surface area contributed by atoms with Crippen LogP contribution in [-0.2, 0) is 0 Å². The third-order valence-electron chi connectivity index (χ3n) is 4.82. The molecule has 1 nitrogen and oxygen atoms in total. The molecule has 1 aliphatic carbocycles. The van der Waals surface area contributed by atoms with Gasteiger partial charge in [0.1, 0.15) is 0 Å². The Bertz CT molecular complexity index is 232. The van der Waals surface area contributed by atoms with Crippen LogP contribution in [0.25, 0.3) is 0 Å². The molecular weight excluding hydrogens is 182 g/mol. The Kier molecular flexibility index (Phi) is 2.65. The maximum absolute atomic E-state index is 2.67. The van der Waals surface area contributed by atoms with Crippen LogP contribution in [0, 0.1) is 17.3 Å². The average Bonchev–Trinajstić information content (AvgIpc) is 2.80. The van der Waals surface area contributed by atoms with E-state index in [4.69, 9.17) is 0 Å². The smallest absolute Gasteiger partial charge is 0.0125 e. The summed E-state index contributed by atoms with van der Waals surface area (Å²) in [6, 6.07) is 0. The summed E-state index contributed by atoms with van der Waals surface area (Å²) in [5.41, 5.74) is 0.967. The van der Waals surface area contributed by atoms with E-state index in [-0.39, 0.29) is 0 Å². The van der Waals surface area contributed by atoms with Crippen molar-refractivity contribution >= 4 is 0 Å². The van der Waals surface area contributed by atoms with Gasteiger partial charge in [0, 0.05) is 12.1 Å². The van der Waals surface area contributed by atoms with Gasteiger partial charge in [0.2, 0.25) is 0 Å². The molecule has 0 N–H and O–H groups in total. The molecule has 1 unspecified atom stereocenters. The standard InChI is InChI=1S/C14H27N/c1-13(2,3)15-9-8-12(10-15)14(4,5)11-6-7-11/h11-12H,6-10H2,1-5H3. The maximum atomic E-state index is 2.67. The average molecular weight is 209 g/mol. The molecule has 1 heteroatoms. The third-order valence-corrected chi connectivity index (χ3v) is 4.82. The fourth-order valence-corrected chi connectivity index (χ4v) is 3.14. The summed E-state index contributed by atoms with van der Waals surface area (Å²) in [5, 5.41) is 0. The van der Waals surface area contributed by atoms with Crippen molar-refractivity contribution in [1.82, 2.24) is 4.90 Å². The van der Waals surface area contributed by atoms with Crippen molar-refractivity contribution in [2.45, 2.75) is 59.4 Å². The normalized spacial score (nSPS) is 29.8. The van der Waals surface area contributed by atoms with Gasteiger partial charge in [0.05, 0.1) is 0 Å².